The van der Waals surface area contributed by atoms with Crippen molar-refractivity contribution < 1.29 is 10.0 Å². The molecule has 2 N–H and O–H groups in total. The first kappa shape index (κ1) is 13.1. The van der Waals surface area contributed by atoms with Gasteiger partial charge in [0.25, 0.3) is 0 Å². The molecule has 1 saturated carbocycles. The highest BCUT2D eigenvalue weighted by Crippen LogP contribution is 2.27. The van der Waals surface area contributed by atoms with Crippen molar-refractivity contribution in [3.63, 3.8) is 0 Å². The molecule has 0 spiro atoms. The molecule has 0 aliphatic heterocycles. The highest BCUT2D eigenvalue weighted by atomic mass is 16.4. The van der Waals surface area contributed by atoms with Crippen LogP contribution in [0.5, 0.6) is 0 Å². The van der Waals surface area contributed by atoms with Crippen molar-refractivity contribution in [2.75, 3.05) is 0 Å². The minimum Gasteiger partial charge on any atom is -0.427 e. The van der Waals surface area contributed by atoms with Gasteiger partial charge >= 0.3 is 7.12 Å². The van der Waals surface area contributed by atoms with Gasteiger partial charge in [0.15, 0.2) is 0 Å². The lowest BCUT2D eigenvalue weighted by molar-refractivity contribution is 0.366. The molecule has 1 rings (SSSR count). The smallest absolute Gasteiger partial charge is 0.427 e. The van der Waals surface area contributed by atoms with E-state index in [0.29, 0.717) is 0 Å². The highest BCUT2D eigenvalue weighted by molar-refractivity contribution is 6.43. The van der Waals surface area contributed by atoms with Crippen molar-refractivity contribution in [2.24, 2.45) is 5.92 Å². The van der Waals surface area contributed by atoms with Crippen LogP contribution >= 0.6 is 0 Å². The van der Waals surface area contributed by atoms with Gasteiger partial charge in [-0.25, -0.2) is 0 Å². The molecule has 0 heterocycles. The fraction of sp³-hybridized carbons (Fsp3) is 1.00. The first-order valence-corrected chi connectivity index (χ1v) is 6.56. The Hall–Kier alpha value is -0.0151. The van der Waals surface area contributed by atoms with Gasteiger partial charge < -0.3 is 10.0 Å². The molecular formula is C12H25BO2. The zero-order valence-electron chi connectivity index (χ0n) is 9.99. The minimum atomic E-state index is -1.09. The molecule has 15 heavy (non-hydrogen) atoms. The summed E-state index contributed by atoms with van der Waals surface area (Å²) in [4.78, 5) is 0. The van der Waals surface area contributed by atoms with Crippen LogP contribution in [0.2, 0.25) is 5.82 Å². The van der Waals surface area contributed by atoms with Gasteiger partial charge in [-0.2, -0.15) is 0 Å². The zero-order chi connectivity index (χ0) is 11.1. The monoisotopic (exact) mass is 212 g/mol. The van der Waals surface area contributed by atoms with Crippen LogP contribution < -0.4 is 0 Å². The van der Waals surface area contributed by atoms with Crippen molar-refractivity contribution in [1.82, 2.24) is 0 Å². The summed E-state index contributed by atoms with van der Waals surface area (Å²) in [6.45, 7) is 2.34. The molecule has 0 aromatic rings. The fourth-order valence-electron chi connectivity index (χ4n) is 2.56. The molecular weight excluding hydrogens is 187 g/mol. The average molecular weight is 212 g/mol. The lowest BCUT2D eigenvalue weighted by atomic mass is 9.67. The van der Waals surface area contributed by atoms with Crippen LogP contribution in [0.3, 0.4) is 0 Å². The van der Waals surface area contributed by atoms with E-state index < -0.39 is 7.12 Å². The van der Waals surface area contributed by atoms with Crippen molar-refractivity contribution in [2.45, 2.75) is 70.5 Å². The molecule has 2 atom stereocenters. The van der Waals surface area contributed by atoms with E-state index >= 15 is 0 Å². The third-order valence-corrected chi connectivity index (χ3v) is 3.72. The van der Waals surface area contributed by atoms with Gasteiger partial charge in [-0.05, 0) is 11.7 Å². The first-order chi connectivity index (χ1) is 7.20. The molecule has 1 aliphatic rings. The predicted octanol–water partition coefficient (Wildman–Crippen LogP) is 2.99. The van der Waals surface area contributed by atoms with Gasteiger partial charge in [0.1, 0.15) is 0 Å². The van der Waals surface area contributed by atoms with Crippen molar-refractivity contribution >= 4 is 7.12 Å². The molecule has 0 bridgehead atoms. The Morgan fingerprint density at radius 1 is 0.800 bits per heavy atom. The topological polar surface area (TPSA) is 40.5 Å². The van der Waals surface area contributed by atoms with Crippen molar-refractivity contribution in [3.8, 4) is 0 Å². The summed E-state index contributed by atoms with van der Waals surface area (Å²) < 4.78 is 0. The Bertz CT molecular complexity index is 162. The maximum atomic E-state index is 9.23. The van der Waals surface area contributed by atoms with E-state index in [-0.39, 0.29) is 5.82 Å². The Labute approximate surface area is 94.2 Å². The Morgan fingerprint density at radius 3 is 1.87 bits per heavy atom. The lowest BCUT2D eigenvalue weighted by Gasteiger charge is -2.14. The minimum absolute atomic E-state index is 0.124. The highest BCUT2D eigenvalue weighted by Gasteiger charge is 2.22. The second-order valence-corrected chi connectivity index (χ2v) is 5.20. The van der Waals surface area contributed by atoms with Crippen LogP contribution in [0.4, 0.5) is 0 Å². The summed E-state index contributed by atoms with van der Waals surface area (Å²) in [6, 6.07) is 0. The van der Waals surface area contributed by atoms with E-state index in [0.717, 1.165) is 31.6 Å². The molecule has 1 aliphatic carbocycles. The zero-order valence-corrected chi connectivity index (χ0v) is 9.99. The maximum Gasteiger partial charge on any atom is 0.454 e. The van der Waals surface area contributed by atoms with Crippen LogP contribution in [0.25, 0.3) is 0 Å². The normalized spacial score (nSPS) is 30.6. The van der Waals surface area contributed by atoms with E-state index in [1.807, 2.05) is 0 Å². The first-order valence-electron chi connectivity index (χ1n) is 6.56. The molecule has 0 aromatic carbocycles. The third kappa shape index (κ3) is 5.57. The van der Waals surface area contributed by atoms with E-state index in [1.54, 1.807) is 0 Å². The second kappa shape index (κ2) is 7.29. The maximum absolute atomic E-state index is 9.23. The molecule has 0 aromatic heterocycles. The third-order valence-electron chi connectivity index (χ3n) is 3.72. The summed E-state index contributed by atoms with van der Waals surface area (Å²) in [5.74, 6) is 0.985. The second-order valence-electron chi connectivity index (χ2n) is 5.20. The van der Waals surface area contributed by atoms with Gasteiger partial charge in [0.2, 0.25) is 0 Å². The molecule has 1 unspecified atom stereocenters. The van der Waals surface area contributed by atoms with E-state index in [2.05, 4.69) is 6.92 Å². The van der Waals surface area contributed by atoms with Crippen LogP contribution in [-0.2, 0) is 0 Å². The van der Waals surface area contributed by atoms with Gasteiger partial charge in [-0.3, -0.25) is 0 Å². The quantitative estimate of drug-likeness (QED) is 0.656. The Balaban J connectivity index is 2.33. The number of hydrogen-bond acceptors (Lipinski definition) is 2. The van der Waals surface area contributed by atoms with E-state index in [4.69, 9.17) is 0 Å². The van der Waals surface area contributed by atoms with E-state index in [9.17, 15) is 10.0 Å². The lowest BCUT2D eigenvalue weighted by Crippen LogP contribution is -2.20. The average Bonchev–Trinajstić information content (AvgIpc) is 2.23. The summed E-state index contributed by atoms with van der Waals surface area (Å²) in [5, 5.41) is 18.5. The van der Waals surface area contributed by atoms with E-state index in [1.165, 1.54) is 32.1 Å². The Kier molecular flexibility index (Phi) is 6.34. The van der Waals surface area contributed by atoms with Crippen LogP contribution in [0, 0.1) is 5.92 Å². The number of rotatable bonds is 1. The number of hydrogen-bond donors (Lipinski definition) is 2. The summed E-state index contributed by atoms with van der Waals surface area (Å²) in [6.07, 6.45) is 10.8. The van der Waals surface area contributed by atoms with Gasteiger partial charge in [-0.15, -0.1) is 0 Å². The fourth-order valence-corrected chi connectivity index (χ4v) is 2.56. The van der Waals surface area contributed by atoms with Crippen molar-refractivity contribution in [3.05, 3.63) is 0 Å². The SMILES string of the molecule is CC1CCCCC[C@H](B(O)O)CCCC1. The largest absolute Gasteiger partial charge is 0.454 e. The molecule has 0 saturated heterocycles. The standard InChI is InChI=1S/C12H25BO2/c1-11-7-3-2-4-9-12(13(14)15)10-6-5-8-11/h11-12,14-15H,2-10H2,1H3/t11?,12-/m0/s1. The van der Waals surface area contributed by atoms with Crippen molar-refractivity contribution in [1.29, 1.82) is 0 Å². The summed E-state index contributed by atoms with van der Waals surface area (Å²) >= 11 is 0. The summed E-state index contributed by atoms with van der Waals surface area (Å²) in [7, 11) is -1.09. The van der Waals surface area contributed by atoms with Gasteiger partial charge in [0, 0.05) is 0 Å². The van der Waals surface area contributed by atoms with Crippen LogP contribution in [0.1, 0.15) is 64.7 Å². The van der Waals surface area contributed by atoms with Crippen LogP contribution in [0.15, 0.2) is 0 Å². The Morgan fingerprint density at radius 2 is 1.27 bits per heavy atom. The van der Waals surface area contributed by atoms with Crippen LogP contribution in [-0.4, -0.2) is 17.2 Å². The molecule has 0 amide bonds. The van der Waals surface area contributed by atoms with Gasteiger partial charge in [0.05, 0.1) is 0 Å². The van der Waals surface area contributed by atoms with Gasteiger partial charge in [-0.1, -0.05) is 64.7 Å². The molecule has 88 valence electrons. The summed E-state index contributed by atoms with van der Waals surface area (Å²) in [5.41, 5.74) is 0. The molecule has 0 radical (unpaired) electrons. The molecule has 3 heteroatoms. The molecule has 1 fully saturated rings. The predicted molar refractivity (Wildman–Crippen MR) is 64.7 cm³/mol. The molecule has 2 nitrogen and oxygen atoms in total.